The Morgan fingerprint density at radius 1 is 1.40 bits per heavy atom. The van der Waals surface area contributed by atoms with Crippen molar-refractivity contribution in [2.24, 2.45) is 5.73 Å². The number of hydrogen-bond acceptors (Lipinski definition) is 2. The molecular formula is C8H9BF3KN2. The van der Waals surface area contributed by atoms with Crippen LogP contribution in [0.4, 0.5) is 12.9 Å². The van der Waals surface area contributed by atoms with Crippen molar-refractivity contribution in [2.45, 2.75) is 6.54 Å². The Labute approximate surface area is 129 Å². The number of nitrogens with two attached hydrogens (primary N) is 1. The Hall–Kier alpha value is 0.341. The van der Waals surface area contributed by atoms with Gasteiger partial charge in [-0.15, -0.1) is 5.98 Å². The molecule has 15 heavy (non-hydrogen) atoms. The van der Waals surface area contributed by atoms with Crippen LogP contribution in [0.1, 0.15) is 11.3 Å². The molecule has 1 aromatic heterocycles. The first kappa shape index (κ1) is 15.3. The first-order valence-electron chi connectivity index (χ1n) is 4.05. The molecule has 0 amide bonds. The third-order valence-corrected chi connectivity index (χ3v) is 1.57. The summed E-state index contributed by atoms with van der Waals surface area (Å²) in [5.74, 6) is 0.211. The average molecular weight is 240 g/mol. The van der Waals surface area contributed by atoms with Crippen molar-refractivity contribution in [3.8, 4) is 0 Å². The van der Waals surface area contributed by atoms with Crippen LogP contribution in [-0.4, -0.2) is 12.0 Å². The van der Waals surface area contributed by atoms with E-state index in [1.54, 1.807) is 6.07 Å². The van der Waals surface area contributed by atoms with Gasteiger partial charge in [-0.05, 0) is 17.7 Å². The largest absolute Gasteiger partial charge is 1.00 e. The first-order valence-corrected chi connectivity index (χ1v) is 4.05. The number of nitrogens with zero attached hydrogens (tertiary/aromatic N) is 1. The van der Waals surface area contributed by atoms with Gasteiger partial charge in [0.05, 0.1) is 5.69 Å². The number of hydrogen-bond donors (Lipinski definition) is 1. The zero-order valence-corrected chi connectivity index (χ0v) is 11.5. The molecule has 76 valence electrons. The second-order valence-corrected chi connectivity index (χ2v) is 2.78. The fourth-order valence-corrected chi connectivity index (χ4v) is 0.920. The summed E-state index contributed by atoms with van der Waals surface area (Å²) < 4.78 is 35.5. The molecule has 0 aliphatic heterocycles. The van der Waals surface area contributed by atoms with Crippen LogP contribution in [0.15, 0.2) is 24.3 Å². The monoisotopic (exact) mass is 240 g/mol. The van der Waals surface area contributed by atoms with Crippen molar-refractivity contribution in [1.29, 1.82) is 0 Å². The van der Waals surface area contributed by atoms with Crippen LogP contribution in [-0.2, 0) is 6.54 Å². The summed E-state index contributed by atoms with van der Waals surface area (Å²) in [5.41, 5.74) is 6.36. The van der Waals surface area contributed by atoms with Crippen LogP contribution in [0.25, 0.3) is 6.08 Å². The fraction of sp³-hybridized carbons (Fsp3) is 0.125. The number of aromatic nitrogens is 1. The third-order valence-electron chi connectivity index (χ3n) is 1.57. The molecule has 0 bridgehead atoms. The van der Waals surface area contributed by atoms with Gasteiger partial charge in [0.25, 0.3) is 0 Å². The minimum absolute atomic E-state index is 0. The van der Waals surface area contributed by atoms with Crippen LogP contribution in [0, 0.1) is 0 Å². The van der Waals surface area contributed by atoms with Gasteiger partial charge in [0.2, 0.25) is 0 Å². The van der Waals surface area contributed by atoms with Gasteiger partial charge in [-0.25, -0.2) is 0 Å². The van der Waals surface area contributed by atoms with E-state index in [4.69, 9.17) is 5.73 Å². The van der Waals surface area contributed by atoms with Gasteiger partial charge in [0.15, 0.2) is 0 Å². The summed E-state index contributed by atoms with van der Waals surface area (Å²) in [6.07, 6.45) is 2.38. The van der Waals surface area contributed by atoms with Crippen molar-refractivity contribution in [1.82, 2.24) is 4.98 Å². The minimum Gasteiger partial charge on any atom is -0.445 e. The second-order valence-electron chi connectivity index (χ2n) is 2.78. The van der Waals surface area contributed by atoms with E-state index in [2.05, 4.69) is 4.98 Å². The molecule has 1 heterocycles. The predicted molar refractivity (Wildman–Crippen MR) is 50.2 cm³/mol. The van der Waals surface area contributed by atoms with Crippen LogP contribution >= 0.6 is 0 Å². The smallest absolute Gasteiger partial charge is 0.445 e. The summed E-state index contributed by atoms with van der Waals surface area (Å²) in [7, 11) is 0. The topological polar surface area (TPSA) is 38.9 Å². The molecule has 0 spiro atoms. The number of rotatable bonds is 3. The molecule has 1 rings (SSSR count). The molecule has 0 fully saturated rings. The minimum atomic E-state index is -4.90. The maximum absolute atomic E-state index is 11.8. The summed E-state index contributed by atoms with van der Waals surface area (Å²) in [6, 6.07) is 3.19. The van der Waals surface area contributed by atoms with Crippen molar-refractivity contribution in [3.05, 3.63) is 35.6 Å². The van der Waals surface area contributed by atoms with Gasteiger partial charge < -0.3 is 18.7 Å². The van der Waals surface area contributed by atoms with Gasteiger partial charge >= 0.3 is 58.4 Å². The Kier molecular flexibility index (Phi) is 6.98. The van der Waals surface area contributed by atoms with E-state index in [9.17, 15) is 12.9 Å². The zero-order valence-electron chi connectivity index (χ0n) is 8.33. The molecule has 0 atom stereocenters. The van der Waals surface area contributed by atoms with Crippen LogP contribution < -0.4 is 57.1 Å². The summed E-state index contributed by atoms with van der Waals surface area (Å²) in [4.78, 5) is 3.76. The van der Waals surface area contributed by atoms with Crippen molar-refractivity contribution < 1.29 is 64.3 Å². The van der Waals surface area contributed by atoms with Gasteiger partial charge in [-0.2, -0.15) is 0 Å². The van der Waals surface area contributed by atoms with Crippen molar-refractivity contribution in [2.75, 3.05) is 0 Å². The average Bonchev–Trinajstić information content (AvgIpc) is 2.14. The van der Waals surface area contributed by atoms with E-state index in [0.29, 0.717) is 6.54 Å². The summed E-state index contributed by atoms with van der Waals surface area (Å²) in [6.45, 7) is -4.60. The Bertz CT molecular complexity index is 341. The molecule has 2 nitrogen and oxygen atoms in total. The second kappa shape index (κ2) is 6.82. The van der Waals surface area contributed by atoms with Gasteiger partial charge in [0, 0.05) is 12.7 Å². The summed E-state index contributed by atoms with van der Waals surface area (Å²) >= 11 is 0. The Morgan fingerprint density at radius 2 is 2.07 bits per heavy atom. The zero-order chi connectivity index (χ0) is 10.6. The molecule has 0 saturated heterocycles. The molecule has 0 unspecified atom stereocenters. The van der Waals surface area contributed by atoms with Crippen molar-refractivity contribution >= 4 is 13.1 Å². The Balaban J connectivity index is 0.00000196. The van der Waals surface area contributed by atoms with E-state index in [1.807, 2.05) is 0 Å². The summed E-state index contributed by atoms with van der Waals surface area (Å²) in [5, 5.41) is 0. The standard InChI is InChI=1S/C8H9BF3N2.K/c10-9(11,12)3-1-8-5-7(6-13)2-4-14-8;/h1-5H,6,13H2;/q-1;+1/b3-1+;. The number of pyridine rings is 1. The van der Waals surface area contributed by atoms with Crippen LogP contribution in [0.2, 0.25) is 0 Å². The molecule has 0 radical (unpaired) electrons. The SMILES string of the molecule is NCc1ccnc(/C=C/[B-](F)(F)F)c1.[K+]. The van der Waals surface area contributed by atoms with E-state index in [-0.39, 0.29) is 63.1 Å². The number of halogens is 3. The third kappa shape index (κ3) is 6.49. The van der Waals surface area contributed by atoms with Crippen LogP contribution in [0.5, 0.6) is 0 Å². The van der Waals surface area contributed by atoms with E-state index >= 15 is 0 Å². The fourth-order valence-electron chi connectivity index (χ4n) is 0.920. The van der Waals surface area contributed by atoms with E-state index in [0.717, 1.165) is 11.6 Å². The van der Waals surface area contributed by atoms with Gasteiger partial charge in [-0.3, -0.25) is 4.98 Å². The van der Waals surface area contributed by atoms with Crippen LogP contribution in [0.3, 0.4) is 0 Å². The molecule has 1 aromatic rings. The van der Waals surface area contributed by atoms with E-state index in [1.165, 1.54) is 12.3 Å². The Morgan fingerprint density at radius 3 is 2.60 bits per heavy atom. The maximum Gasteiger partial charge on any atom is 1.00 e. The molecule has 0 aliphatic rings. The molecule has 0 aliphatic carbocycles. The maximum atomic E-state index is 11.8. The molecule has 7 heteroatoms. The van der Waals surface area contributed by atoms with Gasteiger partial charge in [0.1, 0.15) is 0 Å². The molecular weight excluding hydrogens is 231 g/mol. The predicted octanol–water partition coefficient (Wildman–Crippen LogP) is -1.06. The quantitative estimate of drug-likeness (QED) is 0.684. The van der Waals surface area contributed by atoms with Gasteiger partial charge in [-0.1, -0.05) is 6.08 Å². The van der Waals surface area contributed by atoms with Crippen molar-refractivity contribution in [3.63, 3.8) is 0 Å². The molecule has 0 aromatic carbocycles. The van der Waals surface area contributed by atoms with E-state index < -0.39 is 6.98 Å². The molecule has 0 saturated carbocycles. The first-order chi connectivity index (χ1) is 6.51. The molecule has 2 N–H and O–H groups in total. The normalized spacial score (nSPS) is 11.5.